The van der Waals surface area contributed by atoms with Crippen LogP contribution < -0.4 is 65.9 Å². The molecule has 40 nitrogen and oxygen atoms in total. The predicted molar refractivity (Wildman–Crippen MR) is 451 cm³/mol. The maximum atomic E-state index is 14.9. The summed E-state index contributed by atoms with van der Waals surface area (Å²) in [5.41, 5.74) is 24.5. The molecule has 8 atom stereocenters. The summed E-state index contributed by atoms with van der Waals surface area (Å²) in [5, 5.41) is 105. The molecule has 26 N–H and O–H groups in total. The third-order valence-electron chi connectivity index (χ3n) is 21.5. The summed E-state index contributed by atoms with van der Waals surface area (Å²) in [6.07, 6.45) is -2.82. The summed E-state index contributed by atoms with van der Waals surface area (Å²) < 4.78 is 0. The topological polar surface area (TPSA) is 717 Å². The van der Waals surface area contributed by atoms with Crippen molar-refractivity contribution in [2.45, 2.75) is 328 Å². The Bertz CT molecular complexity index is 3430. The molecule has 696 valence electrons. The van der Waals surface area contributed by atoms with Gasteiger partial charge in [0.1, 0.15) is 28.7 Å². The molecule has 1 aromatic heterocycles. The molecule has 0 aliphatic heterocycles. The minimum Gasteiger partial charge on any atom is -0.481 e. The van der Waals surface area contributed by atoms with Crippen molar-refractivity contribution in [1.82, 2.24) is 42.2 Å². The largest absolute Gasteiger partial charge is 0.481 e. The van der Waals surface area contributed by atoms with Gasteiger partial charge in [0.15, 0.2) is 0 Å². The van der Waals surface area contributed by atoms with Gasteiger partial charge >= 0.3 is 53.7 Å². The third-order valence-corrected chi connectivity index (χ3v) is 23.8. The van der Waals surface area contributed by atoms with E-state index in [2.05, 4.69) is 42.2 Å². The Morgan fingerprint density at radius 1 is 0.366 bits per heavy atom. The lowest BCUT2D eigenvalue weighted by atomic mass is 9.75. The van der Waals surface area contributed by atoms with Gasteiger partial charge in [-0.3, -0.25) is 86.3 Å². The molecule has 0 saturated carbocycles. The van der Waals surface area contributed by atoms with Crippen molar-refractivity contribution in [3.63, 3.8) is 0 Å². The lowest BCUT2D eigenvalue weighted by Gasteiger charge is -2.36. The number of aromatic nitrogens is 1. The number of rotatable bonds is 77. The molecule has 8 unspecified atom stereocenters. The molecule has 42 heteroatoms. The highest BCUT2D eigenvalue weighted by Gasteiger charge is 2.40. The highest BCUT2D eigenvalue weighted by atomic mass is 33.1. The molecule has 0 aliphatic carbocycles. The third kappa shape index (κ3) is 54.0. The lowest BCUT2D eigenvalue weighted by molar-refractivity contribution is -0.142. The second kappa shape index (κ2) is 61.8. The van der Waals surface area contributed by atoms with Crippen LogP contribution in [0.4, 0.5) is 0 Å². The van der Waals surface area contributed by atoms with E-state index in [1.807, 2.05) is 0 Å². The number of carbonyl (C=O) groups excluding carboxylic acids is 9. The van der Waals surface area contributed by atoms with E-state index < -0.39 is 204 Å². The normalized spacial score (nSPS) is 13.9. The molecule has 0 saturated heterocycles. The van der Waals surface area contributed by atoms with Crippen LogP contribution in [-0.4, -0.2) is 236 Å². The van der Waals surface area contributed by atoms with Gasteiger partial charge in [-0.15, -0.1) is 0 Å². The number of pyridine rings is 1. The van der Waals surface area contributed by atoms with E-state index in [1.54, 1.807) is 31.3 Å². The van der Waals surface area contributed by atoms with Crippen LogP contribution in [0, 0.1) is 11.3 Å². The molecule has 1 aromatic rings. The van der Waals surface area contributed by atoms with Crippen molar-refractivity contribution in [1.29, 1.82) is 0 Å². The van der Waals surface area contributed by atoms with Crippen molar-refractivity contribution in [2.75, 3.05) is 31.9 Å². The molecule has 123 heavy (non-hydrogen) atoms. The molecule has 0 aliphatic rings. The first kappa shape index (κ1) is 112. The SMILES string of the molecule is CC(CCCCNC(=O)CCC(CCC(=O)NCCCCC(N)C(=O)O)(CNC(=O)CCC(CCC(=O)CCCCCC(N)C(=O)NC(CCC(=O)O)(CCC(=O)O)CCC(=O)O)(CCC(=O)CC(N)CCCC(N)C(=O)NC(CCC(=O)O)(CCC(=O)O)CCC(=O)O)NC(=O)CCSSc1ccccn1)CC(=O)NCCCCC(N)C(=O)O)C(=O)O. The number of nitrogens with one attached hydrogen (secondary N) is 7. The number of nitrogens with zero attached hydrogens (tertiary/aromatic N) is 1. The Balaban J connectivity index is 4.00. The molecule has 0 fully saturated rings. The number of carbonyl (C=O) groups is 18. The van der Waals surface area contributed by atoms with Gasteiger partial charge in [0, 0.05) is 157 Å². The second-order valence-electron chi connectivity index (χ2n) is 32.0. The quantitative estimate of drug-likeness (QED) is 0.0317. The maximum Gasteiger partial charge on any atom is 0.320 e. The summed E-state index contributed by atoms with van der Waals surface area (Å²) in [4.78, 5) is 235. The fourth-order valence-electron chi connectivity index (χ4n) is 13.8. The van der Waals surface area contributed by atoms with E-state index in [0.717, 1.165) is 0 Å². The van der Waals surface area contributed by atoms with Crippen molar-refractivity contribution in [3.05, 3.63) is 24.4 Å². The Morgan fingerprint density at radius 3 is 1.18 bits per heavy atom. The van der Waals surface area contributed by atoms with Crippen molar-refractivity contribution >= 4 is 128 Å². The smallest absolute Gasteiger partial charge is 0.320 e. The molecular formula is C81H133N13O27S2. The Morgan fingerprint density at radius 2 is 0.748 bits per heavy atom. The minimum absolute atomic E-state index is 0.0261. The van der Waals surface area contributed by atoms with Crippen LogP contribution in [0.1, 0.15) is 277 Å². The zero-order valence-corrected chi connectivity index (χ0v) is 72.2. The summed E-state index contributed by atoms with van der Waals surface area (Å²) in [6.45, 7) is 1.53. The first-order valence-corrected chi connectivity index (χ1v) is 44.3. The lowest BCUT2D eigenvalue weighted by Crippen LogP contribution is -2.54. The van der Waals surface area contributed by atoms with Crippen LogP contribution in [0.15, 0.2) is 29.4 Å². The average molecular weight is 1790 g/mol. The van der Waals surface area contributed by atoms with E-state index in [0.29, 0.717) is 56.4 Å². The molecule has 1 rings (SSSR count). The zero-order valence-electron chi connectivity index (χ0n) is 70.5. The van der Waals surface area contributed by atoms with Crippen LogP contribution in [-0.2, 0) is 86.3 Å². The van der Waals surface area contributed by atoms with Crippen molar-refractivity contribution in [3.8, 4) is 0 Å². The predicted octanol–water partition coefficient (Wildman–Crippen LogP) is 4.39. The van der Waals surface area contributed by atoms with Gasteiger partial charge in [0.05, 0.1) is 18.0 Å². The van der Waals surface area contributed by atoms with E-state index in [-0.39, 0.29) is 211 Å². The monoisotopic (exact) mass is 1780 g/mol. The molecule has 0 aromatic carbocycles. The van der Waals surface area contributed by atoms with Crippen molar-refractivity contribution in [2.24, 2.45) is 40.0 Å². The second-order valence-corrected chi connectivity index (χ2v) is 34.4. The van der Waals surface area contributed by atoms with Gasteiger partial charge in [-0.25, -0.2) is 4.98 Å². The standard InChI is InChI=1S/C81H133N13O27S2/c1-53(75(116)117)14-5-9-45-87-61(97)24-34-78(51-65(101)89-47-11-7-19-60(86)77(120)121,35-25-62(98)88-46-10-6-18-59(85)76(118)119)52-91-63(99)26-38-79(92-64(100)33-49-122-123-66-21-8-12-48-90-66,36-22-55(95)16-3-2-4-17-57(83)73(114)93-80(39-27-67(102)103,40-28-68(104)105)41-29-69(106)107)37-23-56(96)50-54(82)15-13-20-58(84)74(115)94-81(42-30-70(108)109,43-31-71(110)111)44-32-72(112)113/h8,12,21,48,53-54,57-60H,2-7,9-11,13-20,22-47,49-52,82-86H2,1H3,(H,87,97)(H,88,98)(H,89,101)(H,91,99)(H,92,100)(H,93,114)(H,94,115)(H,102,103)(H,104,105)(H,106,107)(H,108,109)(H,110,111)(H,112,113)(H,116,117)(H,118,119)(H,120,121). The Hall–Kier alpha value is -9.49. The minimum atomic E-state index is -1.57. The van der Waals surface area contributed by atoms with Gasteiger partial charge in [-0.2, -0.15) is 0 Å². The number of hydrogen-bond donors (Lipinski definition) is 21. The van der Waals surface area contributed by atoms with E-state index in [9.17, 15) is 132 Å². The first-order chi connectivity index (χ1) is 57.9. The average Bonchev–Trinajstić information content (AvgIpc) is 0.903. The molecule has 0 bridgehead atoms. The highest BCUT2D eigenvalue weighted by molar-refractivity contribution is 8.76. The molecule has 0 spiro atoms. The number of ketones is 2. The highest BCUT2D eigenvalue weighted by Crippen LogP contribution is 2.36. The number of amides is 7. The number of Topliss-reactive ketones (excluding diaryl/α,β-unsaturated/α-hetero) is 2. The number of aliphatic carboxylic acids is 9. The Kier molecular flexibility index (Phi) is 56.0. The zero-order chi connectivity index (χ0) is 92.6. The number of carboxylic acid groups (broad SMARTS) is 9. The fraction of sp³-hybridized carbons (Fsp3) is 0.716. The van der Waals surface area contributed by atoms with Gasteiger partial charge in [0.25, 0.3) is 0 Å². The molecule has 0 radical (unpaired) electrons. The Labute approximate surface area is 724 Å². The summed E-state index contributed by atoms with van der Waals surface area (Å²) in [7, 11) is 2.60. The molecular weight excluding hydrogens is 1650 g/mol. The number of nitrogens with two attached hydrogens (primary N) is 5. The van der Waals surface area contributed by atoms with Crippen LogP contribution >= 0.6 is 21.6 Å². The first-order valence-electron chi connectivity index (χ1n) is 42.0. The number of carboxylic acids is 9. The van der Waals surface area contributed by atoms with Crippen LogP contribution in [0.2, 0.25) is 0 Å². The summed E-state index contributed by atoms with van der Waals surface area (Å²) >= 11 is 0. The van der Waals surface area contributed by atoms with Crippen LogP contribution in [0.5, 0.6) is 0 Å². The van der Waals surface area contributed by atoms with Crippen LogP contribution in [0.3, 0.4) is 0 Å². The summed E-state index contributed by atoms with van der Waals surface area (Å²) in [5.74, 6) is -16.6. The fourth-order valence-corrected chi connectivity index (χ4v) is 15.7. The summed E-state index contributed by atoms with van der Waals surface area (Å²) in [6, 6.07) is -0.411. The van der Waals surface area contributed by atoms with E-state index >= 15 is 0 Å². The molecule has 1 heterocycles. The number of hydrogen-bond acceptors (Lipinski definition) is 26. The maximum absolute atomic E-state index is 14.9. The van der Waals surface area contributed by atoms with Gasteiger partial charge in [-0.05, 0) is 182 Å². The van der Waals surface area contributed by atoms with Gasteiger partial charge in [-0.1, -0.05) is 43.0 Å². The van der Waals surface area contributed by atoms with E-state index in [4.69, 9.17) is 28.7 Å². The van der Waals surface area contributed by atoms with E-state index in [1.165, 1.54) is 21.6 Å². The van der Waals surface area contributed by atoms with Crippen LogP contribution in [0.25, 0.3) is 0 Å². The molecule has 7 amide bonds. The van der Waals surface area contributed by atoms with Crippen molar-refractivity contribution < 1.29 is 132 Å². The van der Waals surface area contributed by atoms with Gasteiger partial charge < -0.3 is 112 Å². The van der Waals surface area contributed by atoms with Gasteiger partial charge in [0.2, 0.25) is 41.4 Å². The number of unbranched alkanes of at least 4 members (excludes halogenated alkanes) is 5.